The molecule has 0 amide bonds. The molecule has 226 valence electrons. The zero-order valence-corrected chi connectivity index (χ0v) is 24.5. The summed E-state index contributed by atoms with van der Waals surface area (Å²) in [5.41, 5.74) is 0. The number of rotatable bonds is 27. The summed E-state index contributed by atoms with van der Waals surface area (Å²) in [6, 6.07) is 0. The molecule has 0 saturated carbocycles. The fourth-order valence-electron chi connectivity index (χ4n) is 3.70. The second-order valence-electron chi connectivity index (χ2n) is 9.79. The molecule has 0 aliphatic heterocycles. The van der Waals surface area contributed by atoms with E-state index in [1.807, 2.05) is 0 Å². The minimum atomic E-state index is -4.58. The van der Waals surface area contributed by atoms with E-state index in [1.165, 1.54) is 38.5 Å². The van der Waals surface area contributed by atoms with Crippen LogP contribution in [0.15, 0.2) is 0 Å². The van der Waals surface area contributed by atoms with E-state index in [0.717, 1.165) is 44.9 Å². The topological polar surface area (TPSA) is 149 Å². The van der Waals surface area contributed by atoms with E-state index in [-0.39, 0.29) is 19.4 Å². The number of carbonyl (C=O) groups excluding carboxylic acids is 2. The lowest BCUT2D eigenvalue weighted by atomic mass is 10.1. The fraction of sp³-hybridized carbons (Fsp3) is 0.926. The van der Waals surface area contributed by atoms with Crippen LogP contribution in [0.1, 0.15) is 123 Å². The maximum Gasteiger partial charge on any atom is 0.472 e. The molecular formula is C27H53O10P. The lowest BCUT2D eigenvalue weighted by molar-refractivity contribution is -0.161. The van der Waals surface area contributed by atoms with E-state index in [9.17, 15) is 24.2 Å². The second kappa shape index (κ2) is 25.0. The fourth-order valence-corrected chi connectivity index (χ4v) is 4.49. The van der Waals surface area contributed by atoms with Crippen molar-refractivity contribution in [3.05, 3.63) is 0 Å². The molecule has 0 heterocycles. The van der Waals surface area contributed by atoms with Gasteiger partial charge in [-0.05, 0) is 12.8 Å². The van der Waals surface area contributed by atoms with Crippen molar-refractivity contribution in [2.75, 3.05) is 26.4 Å². The van der Waals surface area contributed by atoms with Crippen molar-refractivity contribution in [3.8, 4) is 0 Å². The molecule has 0 aliphatic carbocycles. The van der Waals surface area contributed by atoms with Crippen molar-refractivity contribution in [2.45, 2.75) is 135 Å². The van der Waals surface area contributed by atoms with Crippen molar-refractivity contribution in [3.63, 3.8) is 0 Å². The summed E-state index contributed by atoms with van der Waals surface area (Å²) in [5.74, 6) is -0.940. The van der Waals surface area contributed by atoms with Gasteiger partial charge in [0, 0.05) is 12.8 Å². The van der Waals surface area contributed by atoms with Crippen molar-refractivity contribution >= 4 is 19.8 Å². The molecule has 0 aromatic heterocycles. The summed E-state index contributed by atoms with van der Waals surface area (Å²) in [4.78, 5) is 34.2. The maximum atomic E-state index is 12.3. The monoisotopic (exact) mass is 568 g/mol. The summed E-state index contributed by atoms with van der Waals surface area (Å²) in [5, 5.41) is 18.1. The van der Waals surface area contributed by atoms with Crippen LogP contribution in [0.25, 0.3) is 0 Å². The van der Waals surface area contributed by atoms with E-state index in [0.29, 0.717) is 12.8 Å². The molecule has 11 heteroatoms. The lowest BCUT2D eigenvalue weighted by Crippen LogP contribution is -2.29. The van der Waals surface area contributed by atoms with Gasteiger partial charge in [0.05, 0.1) is 19.8 Å². The second-order valence-corrected chi connectivity index (χ2v) is 11.2. The normalized spacial score (nSPS) is 14.6. The highest BCUT2D eigenvalue weighted by Crippen LogP contribution is 2.43. The van der Waals surface area contributed by atoms with Gasteiger partial charge in [-0.25, -0.2) is 4.57 Å². The molecule has 38 heavy (non-hydrogen) atoms. The van der Waals surface area contributed by atoms with E-state index in [1.54, 1.807) is 0 Å². The molecule has 0 aromatic carbocycles. The first-order valence-corrected chi connectivity index (χ1v) is 16.0. The van der Waals surface area contributed by atoms with E-state index in [4.69, 9.17) is 19.1 Å². The van der Waals surface area contributed by atoms with Crippen LogP contribution in [-0.2, 0) is 32.7 Å². The van der Waals surface area contributed by atoms with E-state index < -0.39 is 51.8 Å². The van der Waals surface area contributed by atoms with Crippen LogP contribution in [-0.4, -0.2) is 65.7 Å². The molecule has 0 bridgehead atoms. The van der Waals surface area contributed by atoms with Gasteiger partial charge >= 0.3 is 19.8 Å². The Morgan fingerprint density at radius 1 is 0.684 bits per heavy atom. The van der Waals surface area contributed by atoms with Gasteiger partial charge in [-0.1, -0.05) is 97.3 Å². The van der Waals surface area contributed by atoms with Gasteiger partial charge in [-0.15, -0.1) is 0 Å². The van der Waals surface area contributed by atoms with Gasteiger partial charge in [0.2, 0.25) is 0 Å². The number of ether oxygens (including phenoxy) is 2. The Bertz CT molecular complexity index is 631. The molecule has 1 unspecified atom stereocenters. The Labute approximate surface area is 229 Å². The van der Waals surface area contributed by atoms with Crippen LogP contribution in [0.5, 0.6) is 0 Å². The molecule has 10 nitrogen and oxygen atoms in total. The highest BCUT2D eigenvalue weighted by molar-refractivity contribution is 7.47. The van der Waals surface area contributed by atoms with E-state index in [2.05, 4.69) is 18.4 Å². The number of hydrogen-bond acceptors (Lipinski definition) is 9. The number of aliphatic hydroxyl groups is 2. The third-order valence-electron chi connectivity index (χ3n) is 6.01. The van der Waals surface area contributed by atoms with Gasteiger partial charge in [0.25, 0.3) is 0 Å². The van der Waals surface area contributed by atoms with Gasteiger partial charge in [0.1, 0.15) is 12.7 Å². The molecule has 3 atom stereocenters. The van der Waals surface area contributed by atoms with Gasteiger partial charge in [-0.3, -0.25) is 18.6 Å². The number of phosphoric acid groups is 1. The Hall–Kier alpha value is -1.03. The molecule has 3 N–H and O–H groups in total. The summed E-state index contributed by atoms with van der Waals surface area (Å²) in [7, 11) is -4.58. The minimum Gasteiger partial charge on any atom is -0.462 e. The first kappa shape index (κ1) is 37.0. The highest BCUT2D eigenvalue weighted by Gasteiger charge is 2.27. The third kappa shape index (κ3) is 24.0. The molecule has 0 aromatic rings. The van der Waals surface area contributed by atoms with Gasteiger partial charge in [-0.2, -0.15) is 0 Å². The number of aliphatic hydroxyl groups excluding tert-OH is 2. The average Bonchev–Trinajstić information content (AvgIpc) is 2.89. The minimum absolute atomic E-state index is 0.189. The molecule has 0 saturated heterocycles. The Morgan fingerprint density at radius 2 is 1.13 bits per heavy atom. The lowest BCUT2D eigenvalue weighted by Gasteiger charge is -2.20. The predicted octanol–water partition coefficient (Wildman–Crippen LogP) is 5.60. The molecule has 0 spiro atoms. The number of carbonyl (C=O) groups is 2. The SMILES string of the molecule is CCCCCCCCCCCCC(=O)O[C@H](COC(=O)CCCCCCC)COP(=O)(O)OC[C@@H](O)CO. The van der Waals surface area contributed by atoms with Gasteiger partial charge < -0.3 is 24.6 Å². The summed E-state index contributed by atoms with van der Waals surface area (Å²) in [6.45, 7) is 2.22. The Kier molecular flexibility index (Phi) is 24.3. The zero-order valence-electron chi connectivity index (χ0n) is 23.7. The molecule has 0 rings (SSSR count). The van der Waals surface area contributed by atoms with E-state index >= 15 is 0 Å². The molecular weight excluding hydrogens is 515 g/mol. The predicted molar refractivity (Wildman–Crippen MR) is 145 cm³/mol. The van der Waals surface area contributed by atoms with Gasteiger partial charge in [0.15, 0.2) is 6.10 Å². The quantitative estimate of drug-likeness (QED) is 0.0649. The summed E-state index contributed by atoms with van der Waals surface area (Å²) < 4.78 is 32.1. The van der Waals surface area contributed by atoms with Crippen LogP contribution in [0.3, 0.4) is 0 Å². The first-order valence-electron chi connectivity index (χ1n) is 14.5. The number of hydrogen-bond donors (Lipinski definition) is 3. The summed E-state index contributed by atoms with van der Waals surface area (Å²) >= 11 is 0. The van der Waals surface area contributed by atoms with Crippen LogP contribution < -0.4 is 0 Å². The van der Waals surface area contributed by atoms with Crippen LogP contribution in [0.2, 0.25) is 0 Å². The Balaban J connectivity index is 4.47. The number of phosphoric ester groups is 1. The van der Waals surface area contributed by atoms with Crippen LogP contribution in [0.4, 0.5) is 0 Å². The summed E-state index contributed by atoms with van der Waals surface area (Å²) in [6.07, 6.45) is 14.2. The first-order chi connectivity index (χ1) is 18.2. The highest BCUT2D eigenvalue weighted by atomic mass is 31.2. The van der Waals surface area contributed by atoms with Crippen molar-refractivity contribution in [2.24, 2.45) is 0 Å². The largest absolute Gasteiger partial charge is 0.472 e. The number of esters is 2. The van der Waals surface area contributed by atoms with Crippen LogP contribution >= 0.6 is 7.82 Å². The molecule has 0 aliphatic rings. The third-order valence-corrected chi connectivity index (χ3v) is 6.96. The maximum absolute atomic E-state index is 12.3. The molecule has 0 radical (unpaired) electrons. The zero-order chi connectivity index (χ0) is 28.5. The van der Waals surface area contributed by atoms with Crippen molar-refractivity contribution in [1.29, 1.82) is 0 Å². The average molecular weight is 569 g/mol. The van der Waals surface area contributed by atoms with Crippen LogP contribution in [0, 0.1) is 0 Å². The smallest absolute Gasteiger partial charge is 0.462 e. The van der Waals surface area contributed by atoms with Crippen molar-refractivity contribution < 1.29 is 47.8 Å². The standard InChI is InChI=1S/C27H53O10P/c1-3-5-7-9-10-11-12-13-15-17-19-27(31)37-25(22-34-26(30)18-16-14-8-6-4-2)23-36-38(32,33)35-21-24(29)20-28/h24-25,28-29H,3-23H2,1-2H3,(H,32,33)/t24-,25+/m0/s1. The Morgan fingerprint density at radius 3 is 1.63 bits per heavy atom. The van der Waals surface area contributed by atoms with Crippen molar-refractivity contribution in [1.82, 2.24) is 0 Å². The number of unbranched alkanes of at least 4 members (excludes halogenated alkanes) is 13. The molecule has 0 fully saturated rings.